The van der Waals surface area contributed by atoms with Crippen molar-refractivity contribution in [3.05, 3.63) is 36.2 Å². The summed E-state index contributed by atoms with van der Waals surface area (Å²) in [7, 11) is 0. The van der Waals surface area contributed by atoms with Gasteiger partial charge in [0.15, 0.2) is 11.5 Å². The summed E-state index contributed by atoms with van der Waals surface area (Å²) in [6.45, 7) is 0. The molecule has 2 heterocycles. The van der Waals surface area contributed by atoms with Gasteiger partial charge in [-0.3, -0.25) is 10.1 Å². The molecule has 2 N–H and O–H groups in total. The highest BCUT2D eigenvalue weighted by Gasteiger charge is 2.13. The van der Waals surface area contributed by atoms with E-state index in [2.05, 4.69) is 25.5 Å². The lowest BCUT2D eigenvalue weighted by Crippen LogP contribution is -2.16. The van der Waals surface area contributed by atoms with Crippen LogP contribution in [0.25, 0.3) is 0 Å². The zero-order valence-corrected chi connectivity index (χ0v) is 7.44. The molecule has 0 atom stereocenters. The van der Waals surface area contributed by atoms with Crippen LogP contribution >= 0.6 is 0 Å². The van der Waals surface area contributed by atoms with Crippen molar-refractivity contribution in [3.8, 4) is 0 Å². The SMILES string of the molecule is O=C(Nc1ncn[nH]1)c1ncccc1F. The second-order valence-electron chi connectivity index (χ2n) is 2.62. The molecule has 0 saturated carbocycles. The third kappa shape index (κ3) is 1.96. The molecule has 0 aliphatic carbocycles. The highest BCUT2D eigenvalue weighted by molar-refractivity contribution is 6.01. The maximum absolute atomic E-state index is 13.1. The summed E-state index contributed by atoms with van der Waals surface area (Å²) in [6, 6.07) is 2.56. The van der Waals surface area contributed by atoms with Crippen molar-refractivity contribution in [3.63, 3.8) is 0 Å². The number of pyridine rings is 1. The van der Waals surface area contributed by atoms with Gasteiger partial charge in [-0.25, -0.2) is 14.5 Å². The van der Waals surface area contributed by atoms with Gasteiger partial charge in [-0.2, -0.15) is 10.1 Å². The largest absolute Gasteiger partial charge is 0.289 e. The molecule has 1 amide bonds. The fraction of sp³-hybridized carbons (Fsp3) is 0. The smallest absolute Gasteiger partial charge is 0.279 e. The van der Waals surface area contributed by atoms with Gasteiger partial charge >= 0.3 is 0 Å². The summed E-state index contributed by atoms with van der Waals surface area (Å²) in [5.41, 5.74) is -0.283. The van der Waals surface area contributed by atoms with Crippen molar-refractivity contribution < 1.29 is 9.18 Å². The zero-order chi connectivity index (χ0) is 10.7. The topological polar surface area (TPSA) is 83.6 Å². The van der Waals surface area contributed by atoms with E-state index in [1.807, 2.05) is 0 Å². The number of H-pyrrole nitrogens is 1. The molecule has 0 unspecified atom stereocenters. The van der Waals surface area contributed by atoms with Gasteiger partial charge in [-0.15, -0.1) is 0 Å². The Kier molecular flexibility index (Phi) is 2.36. The molecule has 2 aromatic heterocycles. The predicted octanol–water partition coefficient (Wildman–Crippen LogP) is 0.591. The van der Waals surface area contributed by atoms with Crippen molar-refractivity contribution in [2.45, 2.75) is 0 Å². The predicted molar refractivity (Wildman–Crippen MR) is 48.5 cm³/mol. The molecular weight excluding hydrogens is 201 g/mol. The quantitative estimate of drug-likeness (QED) is 0.754. The van der Waals surface area contributed by atoms with E-state index in [0.717, 1.165) is 6.07 Å². The number of nitrogens with zero attached hydrogens (tertiary/aromatic N) is 3. The monoisotopic (exact) mass is 207 g/mol. The Bertz CT molecular complexity index is 470. The van der Waals surface area contributed by atoms with E-state index in [4.69, 9.17) is 0 Å². The molecule has 0 radical (unpaired) electrons. The minimum atomic E-state index is -0.686. The average molecular weight is 207 g/mol. The zero-order valence-electron chi connectivity index (χ0n) is 7.44. The summed E-state index contributed by atoms with van der Waals surface area (Å²) in [6.07, 6.45) is 2.56. The summed E-state index contributed by atoms with van der Waals surface area (Å²) in [5, 5.41) is 8.25. The fourth-order valence-corrected chi connectivity index (χ4v) is 0.985. The van der Waals surface area contributed by atoms with E-state index in [1.54, 1.807) is 0 Å². The third-order valence-electron chi connectivity index (χ3n) is 1.62. The van der Waals surface area contributed by atoms with E-state index < -0.39 is 11.7 Å². The molecule has 0 saturated heterocycles. The number of hydrogen-bond donors (Lipinski definition) is 2. The van der Waals surface area contributed by atoms with Crippen LogP contribution in [0.3, 0.4) is 0 Å². The van der Waals surface area contributed by atoms with Crippen LogP contribution in [0.4, 0.5) is 10.3 Å². The van der Waals surface area contributed by atoms with Gasteiger partial charge < -0.3 is 0 Å². The van der Waals surface area contributed by atoms with Gasteiger partial charge in [0.2, 0.25) is 5.95 Å². The van der Waals surface area contributed by atoms with Crippen LogP contribution in [-0.2, 0) is 0 Å². The van der Waals surface area contributed by atoms with E-state index in [1.165, 1.54) is 18.6 Å². The standard InChI is InChI=1S/C8H6FN5O/c9-5-2-1-3-10-6(5)7(15)13-8-11-4-12-14-8/h1-4H,(H2,11,12,13,14,15). The first-order chi connectivity index (χ1) is 7.27. The lowest BCUT2D eigenvalue weighted by atomic mass is 10.3. The van der Waals surface area contributed by atoms with Crippen molar-refractivity contribution >= 4 is 11.9 Å². The van der Waals surface area contributed by atoms with Gasteiger partial charge in [-0.1, -0.05) is 0 Å². The Morgan fingerprint density at radius 3 is 3.00 bits per heavy atom. The van der Waals surface area contributed by atoms with Crippen LogP contribution in [0.15, 0.2) is 24.7 Å². The van der Waals surface area contributed by atoms with Gasteiger partial charge in [0.25, 0.3) is 5.91 Å². The molecule has 76 valence electrons. The number of anilines is 1. The maximum atomic E-state index is 13.1. The van der Waals surface area contributed by atoms with Crippen molar-refractivity contribution in [2.75, 3.05) is 5.32 Å². The van der Waals surface area contributed by atoms with E-state index in [9.17, 15) is 9.18 Å². The summed E-state index contributed by atoms with van der Waals surface area (Å²) in [5.74, 6) is -1.22. The second-order valence-corrected chi connectivity index (χ2v) is 2.62. The Labute approximate surface area is 83.6 Å². The van der Waals surface area contributed by atoms with Gasteiger partial charge in [0.05, 0.1) is 0 Å². The van der Waals surface area contributed by atoms with Crippen LogP contribution < -0.4 is 5.32 Å². The average Bonchev–Trinajstić information content (AvgIpc) is 2.71. The van der Waals surface area contributed by atoms with Crippen LogP contribution in [0, 0.1) is 5.82 Å². The first-order valence-corrected chi connectivity index (χ1v) is 4.04. The minimum Gasteiger partial charge on any atom is -0.289 e. The number of carbonyl (C=O) groups excluding carboxylic acids is 1. The number of aromatic nitrogens is 4. The highest BCUT2D eigenvalue weighted by Crippen LogP contribution is 2.04. The number of hydrogen-bond acceptors (Lipinski definition) is 4. The van der Waals surface area contributed by atoms with Crippen LogP contribution in [0.2, 0.25) is 0 Å². The number of carbonyl (C=O) groups is 1. The molecule has 0 aromatic carbocycles. The van der Waals surface area contributed by atoms with Crippen LogP contribution in [0.5, 0.6) is 0 Å². The molecule has 2 aromatic rings. The Hall–Kier alpha value is -2.31. The van der Waals surface area contributed by atoms with E-state index in [0.29, 0.717) is 0 Å². The van der Waals surface area contributed by atoms with Gasteiger partial charge in [0, 0.05) is 6.20 Å². The second kappa shape index (κ2) is 3.82. The third-order valence-corrected chi connectivity index (χ3v) is 1.62. The van der Waals surface area contributed by atoms with Gasteiger partial charge in [0.1, 0.15) is 6.33 Å². The van der Waals surface area contributed by atoms with E-state index in [-0.39, 0.29) is 11.6 Å². The minimum absolute atomic E-state index is 0.144. The molecular formula is C8H6FN5O. The van der Waals surface area contributed by atoms with Crippen LogP contribution in [-0.4, -0.2) is 26.1 Å². The van der Waals surface area contributed by atoms with Crippen molar-refractivity contribution in [1.29, 1.82) is 0 Å². The molecule has 7 heteroatoms. The Morgan fingerprint density at radius 2 is 2.33 bits per heavy atom. The maximum Gasteiger partial charge on any atom is 0.279 e. The number of halogens is 1. The Balaban J connectivity index is 2.19. The molecule has 0 fully saturated rings. The lowest BCUT2D eigenvalue weighted by molar-refractivity contribution is 0.101. The van der Waals surface area contributed by atoms with Gasteiger partial charge in [-0.05, 0) is 12.1 Å². The summed E-state index contributed by atoms with van der Waals surface area (Å²) < 4.78 is 13.1. The highest BCUT2D eigenvalue weighted by atomic mass is 19.1. The fourth-order valence-electron chi connectivity index (χ4n) is 0.985. The number of nitrogens with one attached hydrogen (secondary N) is 2. The van der Waals surface area contributed by atoms with Crippen molar-refractivity contribution in [2.24, 2.45) is 0 Å². The first-order valence-electron chi connectivity index (χ1n) is 4.04. The molecule has 0 aliphatic heterocycles. The molecule has 0 spiro atoms. The summed E-state index contributed by atoms with van der Waals surface area (Å²) in [4.78, 5) is 18.7. The van der Waals surface area contributed by atoms with Crippen molar-refractivity contribution in [1.82, 2.24) is 20.2 Å². The molecule has 15 heavy (non-hydrogen) atoms. The molecule has 6 nitrogen and oxygen atoms in total. The number of amides is 1. The first kappa shape index (κ1) is 9.25. The van der Waals surface area contributed by atoms with Crippen LogP contribution in [0.1, 0.15) is 10.5 Å². The lowest BCUT2D eigenvalue weighted by Gasteiger charge is -2.00. The van der Waals surface area contributed by atoms with E-state index >= 15 is 0 Å². The Morgan fingerprint density at radius 1 is 1.47 bits per heavy atom. The normalized spacial score (nSPS) is 9.93. The summed E-state index contributed by atoms with van der Waals surface area (Å²) >= 11 is 0. The molecule has 0 bridgehead atoms. The molecule has 0 aliphatic rings. The number of rotatable bonds is 2. The number of aromatic amines is 1. The molecule has 2 rings (SSSR count).